The number of ether oxygens (including phenoxy) is 1. The van der Waals surface area contributed by atoms with Crippen LogP contribution in [0.2, 0.25) is 5.02 Å². The molecule has 1 aliphatic rings. The molecule has 0 aliphatic carbocycles. The van der Waals surface area contributed by atoms with Crippen molar-refractivity contribution < 1.29 is 4.74 Å². The highest BCUT2D eigenvalue weighted by molar-refractivity contribution is 6.30. The Morgan fingerprint density at radius 3 is 2.40 bits per heavy atom. The number of rotatable bonds is 3. The van der Waals surface area contributed by atoms with E-state index in [9.17, 15) is 0 Å². The Balaban J connectivity index is 1.79. The van der Waals surface area contributed by atoms with Crippen LogP contribution in [0, 0.1) is 0 Å². The van der Waals surface area contributed by atoms with Gasteiger partial charge in [0, 0.05) is 18.1 Å². The number of likely N-dealkylation sites (tertiary alicyclic amines) is 1. The minimum atomic E-state index is 0.696. The van der Waals surface area contributed by atoms with E-state index in [1.165, 1.54) is 19.3 Å². The number of piperidine rings is 1. The zero-order valence-corrected chi connectivity index (χ0v) is 9.54. The summed E-state index contributed by atoms with van der Waals surface area (Å²) in [4.78, 5) is 2.35. The zero-order chi connectivity index (χ0) is 10.5. The van der Waals surface area contributed by atoms with Crippen LogP contribution in [0.25, 0.3) is 0 Å². The van der Waals surface area contributed by atoms with Crippen LogP contribution >= 0.6 is 11.6 Å². The van der Waals surface area contributed by atoms with Crippen molar-refractivity contribution >= 4 is 11.6 Å². The Hall–Kier alpha value is -0.730. The van der Waals surface area contributed by atoms with Crippen LogP contribution < -0.4 is 4.74 Å². The van der Waals surface area contributed by atoms with Crippen molar-refractivity contribution in [1.82, 2.24) is 4.90 Å². The lowest BCUT2D eigenvalue weighted by molar-refractivity contribution is 0.106. The van der Waals surface area contributed by atoms with E-state index in [1.807, 2.05) is 24.3 Å². The summed E-state index contributed by atoms with van der Waals surface area (Å²) in [7, 11) is 0. The molecule has 0 bridgehead atoms. The van der Waals surface area contributed by atoms with Crippen molar-refractivity contribution in [3.8, 4) is 5.75 Å². The van der Waals surface area contributed by atoms with E-state index >= 15 is 0 Å². The van der Waals surface area contributed by atoms with Gasteiger partial charge in [0.25, 0.3) is 0 Å². The van der Waals surface area contributed by atoms with Gasteiger partial charge in [-0.1, -0.05) is 18.0 Å². The summed E-state index contributed by atoms with van der Waals surface area (Å²) in [5.74, 6) is 0.893. The third kappa shape index (κ3) is 3.40. The van der Waals surface area contributed by atoms with Gasteiger partial charge in [0.05, 0.1) is 0 Å². The number of nitrogens with zero attached hydrogens (tertiary/aromatic N) is 1. The van der Waals surface area contributed by atoms with Crippen molar-refractivity contribution in [2.24, 2.45) is 0 Å². The quantitative estimate of drug-likeness (QED) is 0.784. The molecule has 0 N–H and O–H groups in total. The molecule has 2 nitrogen and oxygen atoms in total. The van der Waals surface area contributed by atoms with Gasteiger partial charge in [-0.2, -0.15) is 0 Å². The fourth-order valence-corrected chi connectivity index (χ4v) is 1.91. The second kappa shape index (κ2) is 5.38. The monoisotopic (exact) mass is 225 g/mol. The van der Waals surface area contributed by atoms with Crippen LogP contribution in [0.3, 0.4) is 0 Å². The summed E-state index contributed by atoms with van der Waals surface area (Å²) in [5, 5.41) is 0.750. The van der Waals surface area contributed by atoms with Gasteiger partial charge in [-0.25, -0.2) is 0 Å². The minimum Gasteiger partial charge on any atom is -0.478 e. The molecule has 2 rings (SSSR count). The summed E-state index contributed by atoms with van der Waals surface area (Å²) in [5.41, 5.74) is 0. The molecule has 0 unspecified atom stereocenters. The fourth-order valence-electron chi connectivity index (χ4n) is 1.79. The standard InChI is InChI=1S/C12H16ClNO/c13-11-4-6-12(7-5-11)15-10-14-8-2-1-3-9-14/h4-7H,1-3,8-10H2. The molecule has 0 atom stereocenters. The fraction of sp³-hybridized carbons (Fsp3) is 0.500. The Morgan fingerprint density at radius 2 is 1.73 bits per heavy atom. The number of hydrogen-bond acceptors (Lipinski definition) is 2. The normalized spacial score (nSPS) is 17.7. The third-order valence-electron chi connectivity index (χ3n) is 2.68. The first-order valence-corrected chi connectivity index (χ1v) is 5.83. The molecule has 1 aliphatic heterocycles. The predicted molar refractivity (Wildman–Crippen MR) is 62.4 cm³/mol. The molecule has 1 heterocycles. The zero-order valence-electron chi connectivity index (χ0n) is 8.79. The third-order valence-corrected chi connectivity index (χ3v) is 2.93. The van der Waals surface area contributed by atoms with Gasteiger partial charge >= 0.3 is 0 Å². The van der Waals surface area contributed by atoms with Gasteiger partial charge in [0.1, 0.15) is 12.5 Å². The minimum absolute atomic E-state index is 0.696. The summed E-state index contributed by atoms with van der Waals surface area (Å²) < 4.78 is 5.67. The van der Waals surface area contributed by atoms with E-state index in [-0.39, 0.29) is 0 Å². The van der Waals surface area contributed by atoms with Crippen molar-refractivity contribution in [1.29, 1.82) is 0 Å². The summed E-state index contributed by atoms with van der Waals surface area (Å²) >= 11 is 5.79. The molecular formula is C12H16ClNO. The molecule has 3 heteroatoms. The molecule has 82 valence electrons. The van der Waals surface area contributed by atoms with Crippen molar-refractivity contribution in [2.45, 2.75) is 19.3 Å². The highest BCUT2D eigenvalue weighted by Gasteiger charge is 2.09. The van der Waals surface area contributed by atoms with Crippen LogP contribution in [0.5, 0.6) is 5.75 Å². The van der Waals surface area contributed by atoms with Gasteiger partial charge in [-0.15, -0.1) is 0 Å². The molecule has 1 saturated heterocycles. The maximum Gasteiger partial charge on any atom is 0.142 e. The van der Waals surface area contributed by atoms with Gasteiger partial charge < -0.3 is 4.74 Å². The maximum absolute atomic E-state index is 5.79. The van der Waals surface area contributed by atoms with E-state index < -0.39 is 0 Å². The smallest absolute Gasteiger partial charge is 0.142 e. The van der Waals surface area contributed by atoms with E-state index in [0.717, 1.165) is 23.9 Å². The van der Waals surface area contributed by atoms with Crippen LogP contribution in [0.4, 0.5) is 0 Å². The van der Waals surface area contributed by atoms with Gasteiger partial charge in [-0.3, -0.25) is 4.90 Å². The first kappa shape index (κ1) is 10.8. The summed E-state index contributed by atoms with van der Waals surface area (Å²) in [6.45, 7) is 3.02. The second-order valence-electron chi connectivity index (χ2n) is 3.91. The molecule has 0 aromatic heterocycles. The Labute approximate surface area is 95.8 Å². The van der Waals surface area contributed by atoms with Gasteiger partial charge in [0.2, 0.25) is 0 Å². The van der Waals surface area contributed by atoms with Gasteiger partial charge in [-0.05, 0) is 37.1 Å². The molecule has 0 amide bonds. The van der Waals surface area contributed by atoms with Crippen LogP contribution in [-0.4, -0.2) is 24.7 Å². The lowest BCUT2D eigenvalue weighted by Gasteiger charge is -2.26. The average molecular weight is 226 g/mol. The lowest BCUT2D eigenvalue weighted by atomic mass is 10.1. The average Bonchev–Trinajstić information content (AvgIpc) is 2.30. The molecular weight excluding hydrogens is 210 g/mol. The van der Waals surface area contributed by atoms with Crippen LogP contribution in [0.15, 0.2) is 24.3 Å². The van der Waals surface area contributed by atoms with Crippen molar-refractivity contribution in [2.75, 3.05) is 19.8 Å². The second-order valence-corrected chi connectivity index (χ2v) is 4.34. The van der Waals surface area contributed by atoms with E-state index in [0.29, 0.717) is 6.73 Å². The highest BCUT2D eigenvalue weighted by Crippen LogP contribution is 2.16. The number of hydrogen-bond donors (Lipinski definition) is 0. The molecule has 1 aromatic carbocycles. The molecule has 0 radical (unpaired) electrons. The molecule has 15 heavy (non-hydrogen) atoms. The van der Waals surface area contributed by atoms with Crippen molar-refractivity contribution in [3.63, 3.8) is 0 Å². The van der Waals surface area contributed by atoms with Crippen LogP contribution in [0.1, 0.15) is 19.3 Å². The number of benzene rings is 1. The topological polar surface area (TPSA) is 12.5 Å². The summed E-state index contributed by atoms with van der Waals surface area (Å²) in [6.07, 6.45) is 3.95. The van der Waals surface area contributed by atoms with Crippen molar-refractivity contribution in [3.05, 3.63) is 29.3 Å². The first-order valence-electron chi connectivity index (χ1n) is 5.45. The molecule has 1 aromatic rings. The summed E-state index contributed by atoms with van der Waals surface area (Å²) in [6, 6.07) is 7.53. The Kier molecular flexibility index (Phi) is 3.87. The van der Waals surface area contributed by atoms with Gasteiger partial charge in [0.15, 0.2) is 0 Å². The molecule has 0 spiro atoms. The predicted octanol–water partition coefficient (Wildman–Crippen LogP) is 3.16. The lowest BCUT2D eigenvalue weighted by Crippen LogP contribution is -2.33. The number of halogens is 1. The van der Waals surface area contributed by atoms with E-state index in [2.05, 4.69) is 4.90 Å². The maximum atomic E-state index is 5.79. The molecule has 1 fully saturated rings. The van der Waals surface area contributed by atoms with E-state index in [1.54, 1.807) is 0 Å². The highest BCUT2D eigenvalue weighted by atomic mass is 35.5. The molecule has 0 saturated carbocycles. The largest absolute Gasteiger partial charge is 0.478 e. The van der Waals surface area contributed by atoms with E-state index in [4.69, 9.17) is 16.3 Å². The SMILES string of the molecule is Clc1ccc(OCN2CCCCC2)cc1. The van der Waals surface area contributed by atoms with Crippen LogP contribution in [-0.2, 0) is 0 Å². The first-order chi connectivity index (χ1) is 7.34. The Morgan fingerprint density at radius 1 is 1.07 bits per heavy atom. The Bertz CT molecular complexity index is 293.